The van der Waals surface area contributed by atoms with Gasteiger partial charge in [-0.3, -0.25) is 0 Å². The fraction of sp³-hybridized carbons (Fsp3) is 0.700. The predicted molar refractivity (Wildman–Crippen MR) is 58.4 cm³/mol. The zero-order valence-electron chi connectivity index (χ0n) is 8.63. The molecule has 0 amide bonds. The van der Waals surface area contributed by atoms with Gasteiger partial charge in [0.2, 0.25) is 0 Å². The van der Waals surface area contributed by atoms with Crippen molar-refractivity contribution in [2.75, 3.05) is 0 Å². The first-order valence-corrected chi connectivity index (χ1v) is 5.36. The minimum Gasteiger partial charge on any atom is -0.337 e. The van der Waals surface area contributed by atoms with Gasteiger partial charge in [0, 0.05) is 18.4 Å². The topological polar surface area (TPSA) is 20.7 Å². The van der Waals surface area contributed by atoms with Crippen molar-refractivity contribution in [3.05, 3.63) is 16.7 Å². The maximum atomic E-state index is 5.21. The summed E-state index contributed by atoms with van der Waals surface area (Å²) in [4.78, 5) is 3.10. The van der Waals surface area contributed by atoms with Crippen LogP contribution in [0, 0.1) is 10.7 Å². The van der Waals surface area contributed by atoms with Gasteiger partial charge in [-0.1, -0.05) is 27.2 Å². The average Bonchev–Trinajstić information content (AvgIpc) is 2.48. The molecule has 0 aliphatic heterocycles. The highest BCUT2D eigenvalue weighted by Gasteiger charge is 2.05. The van der Waals surface area contributed by atoms with Gasteiger partial charge in [-0.25, -0.2) is 0 Å². The summed E-state index contributed by atoms with van der Waals surface area (Å²) in [5.74, 6) is 0.702. The molecule has 1 heterocycles. The number of nitrogens with one attached hydrogen (secondary N) is 1. The number of aromatic nitrogens is 2. The summed E-state index contributed by atoms with van der Waals surface area (Å²) < 4.78 is 3.07. The second kappa shape index (κ2) is 4.61. The van der Waals surface area contributed by atoms with Gasteiger partial charge in [-0.2, -0.15) is 0 Å². The monoisotopic (exact) mass is 198 g/mol. The summed E-state index contributed by atoms with van der Waals surface area (Å²) >= 11 is 5.21. The number of imidazole rings is 1. The first kappa shape index (κ1) is 10.5. The van der Waals surface area contributed by atoms with Crippen LogP contribution in [0.25, 0.3) is 0 Å². The van der Waals surface area contributed by atoms with Crippen LogP contribution in [0.4, 0.5) is 0 Å². The van der Waals surface area contributed by atoms with Gasteiger partial charge in [0.15, 0.2) is 4.77 Å². The fourth-order valence-corrected chi connectivity index (χ4v) is 1.62. The molecule has 0 radical (unpaired) electrons. The van der Waals surface area contributed by atoms with E-state index in [-0.39, 0.29) is 0 Å². The van der Waals surface area contributed by atoms with Gasteiger partial charge in [0.05, 0.1) is 0 Å². The number of aromatic amines is 1. The van der Waals surface area contributed by atoms with Crippen molar-refractivity contribution in [1.82, 2.24) is 9.55 Å². The Morgan fingerprint density at radius 2 is 2.23 bits per heavy atom. The van der Waals surface area contributed by atoms with Crippen molar-refractivity contribution in [2.45, 2.75) is 40.2 Å². The number of hydrogen-bond acceptors (Lipinski definition) is 1. The van der Waals surface area contributed by atoms with Gasteiger partial charge in [0.1, 0.15) is 0 Å². The lowest BCUT2D eigenvalue weighted by Crippen LogP contribution is -2.09. The molecule has 74 valence electrons. The second-order valence-electron chi connectivity index (χ2n) is 3.56. The number of nitrogens with zero attached hydrogens (tertiary/aromatic N) is 1. The molecule has 1 aromatic rings. The summed E-state index contributed by atoms with van der Waals surface area (Å²) in [5, 5.41) is 0. The molecule has 0 aliphatic carbocycles. The molecule has 0 aliphatic rings. The third-order valence-electron chi connectivity index (χ3n) is 2.51. The smallest absolute Gasteiger partial charge is 0.177 e. The molecule has 0 saturated carbocycles. The molecule has 0 saturated heterocycles. The van der Waals surface area contributed by atoms with E-state index in [2.05, 4.69) is 30.3 Å². The summed E-state index contributed by atoms with van der Waals surface area (Å²) in [5.41, 5.74) is 1.31. The Morgan fingerprint density at radius 3 is 2.77 bits per heavy atom. The van der Waals surface area contributed by atoms with Crippen LogP contribution in [0.5, 0.6) is 0 Å². The molecule has 1 atom stereocenters. The minimum atomic E-state index is 0.702. The molecule has 13 heavy (non-hydrogen) atoms. The Balaban J connectivity index is 2.85. The van der Waals surface area contributed by atoms with E-state index in [0.29, 0.717) is 5.92 Å². The van der Waals surface area contributed by atoms with E-state index >= 15 is 0 Å². The van der Waals surface area contributed by atoms with Gasteiger partial charge in [-0.15, -0.1) is 0 Å². The molecule has 3 heteroatoms. The minimum absolute atomic E-state index is 0.702. The summed E-state index contributed by atoms with van der Waals surface area (Å²) in [6, 6.07) is 0. The van der Waals surface area contributed by atoms with Crippen molar-refractivity contribution < 1.29 is 0 Å². The first-order chi connectivity index (χ1) is 6.19. The molecular weight excluding hydrogens is 180 g/mol. The summed E-state index contributed by atoms with van der Waals surface area (Å²) in [7, 11) is 0. The van der Waals surface area contributed by atoms with Crippen LogP contribution in [0.3, 0.4) is 0 Å². The van der Waals surface area contributed by atoms with Crippen LogP contribution in [-0.2, 0) is 13.0 Å². The van der Waals surface area contributed by atoms with Crippen molar-refractivity contribution in [2.24, 2.45) is 5.92 Å². The molecule has 1 N–H and O–H groups in total. The molecular formula is C10H18N2S. The molecule has 2 nitrogen and oxygen atoms in total. The zero-order valence-corrected chi connectivity index (χ0v) is 9.45. The molecule has 1 unspecified atom stereocenters. The van der Waals surface area contributed by atoms with Crippen molar-refractivity contribution in [3.8, 4) is 0 Å². The van der Waals surface area contributed by atoms with Crippen LogP contribution in [0.2, 0.25) is 0 Å². The van der Waals surface area contributed by atoms with Crippen molar-refractivity contribution in [3.63, 3.8) is 0 Å². The fourth-order valence-electron chi connectivity index (χ4n) is 1.37. The van der Waals surface area contributed by atoms with Gasteiger partial charge < -0.3 is 9.55 Å². The Bertz CT molecular complexity index is 311. The van der Waals surface area contributed by atoms with E-state index in [4.69, 9.17) is 12.2 Å². The highest BCUT2D eigenvalue weighted by atomic mass is 32.1. The standard InChI is InChI=1S/C10H18N2S/c1-4-8(3)7-12-9(5-2)6-11-10(12)13/h6,8H,4-5,7H2,1-3H3,(H,11,13). The van der Waals surface area contributed by atoms with Crippen LogP contribution in [0.1, 0.15) is 32.9 Å². The first-order valence-electron chi connectivity index (χ1n) is 4.96. The average molecular weight is 198 g/mol. The van der Waals surface area contributed by atoms with Crippen LogP contribution in [0.15, 0.2) is 6.20 Å². The number of aryl methyl sites for hydroxylation is 1. The highest BCUT2D eigenvalue weighted by Crippen LogP contribution is 2.09. The SMILES string of the molecule is CCc1c[nH]c(=S)n1CC(C)CC. The third kappa shape index (κ3) is 2.44. The van der Waals surface area contributed by atoms with Gasteiger partial charge in [-0.05, 0) is 24.6 Å². The Labute approximate surface area is 85.0 Å². The van der Waals surface area contributed by atoms with E-state index in [9.17, 15) is 0 Å². The van der Waals surface area contributed by atoms with Crippen LogP contribution < -0.4 is 0 Å². The van der Waals surface area contributed by atoms with E-state index in [1.165, 1.54) is 12.1 Å². The third-order valence-corrected chi connectivity index (χ3v) is 2.85. The van der Waals surface area contributed by atoms with Gasteiger partial charge in [0.25, 0.3) is 0 Å². The number of H-pyrrole nitrogens is 1. The zero-order chi connectivity index (χ0) is 9.84. The van der Waals surface area contributed by atoms with Crippen molar-refractivity contribution >= 4 is 12.2 Å². The molecule has 0 aromatic carbocycles. The number of hydrogen-bond donors (Lipinski definition) is 1. The van der Waals surface area contributed by atoms with Gasteiger partial charge >= 0.3 is 0 Å². The normalized spacial score (nSPS) is 13.2. The van der Waals surface area contributed by atoms with Crippen LogP contribution >= 0.6 is 12.2 Å². The lowest BCUT2D eigenvalue weighted by atomic mass is 10.1. The Hall–Kier alpha value is -0.570. The second-order valence-corrected chi connectivity index (χ2v) is 3.95. The highest BCUT2D eigenvalue weighted by molar-refractivity contribution is 7.71. The maximum Gasteiger partial charge on any atom is 0.177 e. The summed E-state index contributed by atoms with van der Waals surface area (Å²) in [6.07, 6.45) is 4.27. The Morgan fingerprint density at radius 1 is 1.54 bits per heavy atom. The molecule has 0 spiro atoms. The Kier molecular flexibility index (Phi) is 3.72. The molecule has 1 rings (SSSR count). The lowest BCUT2D eigenvalue weighted by Gasteiger charge is -2.11. The van der Waals surface area contributed by atoms with E-state index in [1.807, 2.05) is 6.20 Å². The predicted octanol–water partition coefficient (Wildman–Crippen LogP) is 3.15. The largest absolute Gasteiger partial charge is 0.337 e. The molecule has 0 fully saturated rings. The quantitative estimate of drug-likeness (QED) is 0.737. The van der Waals surface area contributed by atoms with E-state index in [1.54, 1.807) is 0 Å². The van der Waals surface area contributed by atoms with Crippen molar-refractivity contribution in [1.29, 1.82) is 0 Å². The van der Waals surface area contributed by atoms with E-state index in [0.717, 1.165) is 17.7 Å². The van der Waals surface area contributed by atoms with Crippen LogP contribution in [-0.4, -0.2) is 9.55 Å². The molecule has 1 aromatic heterocycles. The number of rotatable bonds is 4. The maximum absolute atomic E-state index is 5.21. The van der Waals surface area contributed by atoms with E-state index < -0.39 is 0 Å². The molecule has 0 bridgehead atoms. The lowest BCUT2D eigenvalue weighted by molar-refractivity contribution is 0.457. The summed E-state index contributed by atoms with van der Waals surface area (Å²) in [6.45, 7) is 7.67.